The molecule has 0 aliphatic carbocycles. The molecule has 0 radical (unpaired) electrons. The molecule has 3 aromatic carbocycles. The van der Waals surface area contributed by atoms with Crippen molar-refractivity contribution in [2.45, 2.75) is 31.7 Å². The van der Waals surface area contributed by atoms with Gasteiger partial charge in [-0.3, -0.25) is 9.59 Å². The van der Waals surface area contributed by atoms with Crippen molar-refractivity contribution in [2.75, 3.05) is 13.1 Å². The highest BCUT2D eigenvalue weighted by Gasteiger charge is 2.32. The third-order valence-corrected chi connectivity index (χ3v) is 6.29. The van der Waals surface area contributed by atoms with Gasteiger partial charge in [0.1, 0.15) is 11.5 Å². The Labute approximate surface area is 188 Å². The Balaban J connectivity index is 1.18. The van der Waals surface area contributed by atoms with Crippen molar-refractivity contribution in [2.24, 2.45) is 0 Å². The van der Waals surface area contributed by atoms with Crippen LogP contribution in [0.5, 0.6) is 11.5 Å². The van der Waals surface area contributed by atoms with Crippen LogP contribution >= 0.6 is 0 Å². The van der Waals surface area contributed by atoms with Gasteiger partial charge in [0.2, 0.25) is 11.8 Å². The van der Waals surface area contributed by atoms with Gasteiger partial charge in [-0.1, -0.05) is 60.7 Å². The van der Waals surface area contributed by atoms with Gasteiger partial charge in [0, 0.05) is 37.2 Å². The number of fused-ring (bicyclic) bond motifs is 3. The van der Waals surface area contributed by atoms with Crippen LogP contribution in [0.2, 0.25) is 0 Å². The van der Waals surface area contributed by atoms with Gasteiger partial charge in [-0.25, -0.2) is 0 Å². The summed E-state index contributed by atoms with van der Waals surface area (Å²) in [7, 11) is 0. The number of hydrogen-bond acceptors (Lipinski definition) is 3. The van der Waals surface area contributed by atoms with Crippen molar-refractivity contribution in [1.29, 1.82) is 0 Å². The zero-order chi connectivity index (χ0) is 21.9. The topological polar surface area (TPSA) is 58.6 Å². The lowest BCUT2D eigenvalue weighted by Crippen LogP contribution is -2.36. The molecular weight excluding hydrogens is 400 g/mol. The lowest BCUT2D eigenvalue weighted by molar-refractivity contribution is -0.132. The third-order valence-electron chi connectivity index (χ3n) is 6.29. The van der Waals surface area contributed by atoms with Crippen LogP contribution in [0.4, 0.5) is 0 Å². The van der Waals surface area contributed by atoms with E-state index in [0.717, 1.165) is 24.1 Å². The minimum Gasteiger partial charge on any atom is -0.457 e. The monoisotopic (exact) mass is 426 g/mol. The summed E-state index contributed by atoms with van der Waals surface area (Å²) in [6.07, 6.45) is 1.96. The van der Waals surface area contributed by atoms with Gasteiger partial charge in [-0.05, 0) is 36.1 Å². The van der Waals surface area contributed by atoms with E-state index in [4.69, 9.17) is 4.74 Å². The molecule has 0 atom stereocenters. The first kappa shape index (κ1) is 20.3. The molecule has 0 spiro atoms. The number of nitrogens with zero attached hydrogens (tertiary/aromatic N) is 1. The van der Waals surface area contributed by atoms with Crippen LogP contribution in [-0.4, -0.2) is 29.8 Å². The van der Waals surface area contributed by atoms with E-state index in [9.17, 15) is 9.59 Å². The van der Waals surface area contributed by atoms with Crippen LogP contribution in [0.15, 0.2) is 72.8 Å². The average molecular weight is 427 g/mol. The van der Waals surface area contributed by atoms with Gasteiger partial charge >= 0.3 is 0 Å². The van der Waals surface area contributed by atoms with E-state index in [1.807, 2.05) is 65.6 Å². The molecular formula is C27H26N2O3. The van der Waals surface area contributed by atoms with Gasteiger partial charge in [0.15, 0.2) is 0 Å². The van der Waals surface area contributed by atoms with Gasteiger partial charge in [-0.2, -0.15) is 0 Å². The standard InChI is InChI=1S/C27H26N2O3/c30-25(29-17-15-19-8-1-2-9-20(19)18-29)14-7-16-28-27(31)26-21-10-3-5-12-23(21)32-24-13-6-4-11-22(24)26/h1-6,8-13,26H,7,14-18H2,(H,28,31). The molecule has 0 fully saturated rings. The van der Waals surface area contributed by atoms with Crippen LogP contribution in [0.3, 0.4) is 0 Å². The summed E-state index contributed by atoms with van der Waals surface area (Å²) in [5.74, 6) is 1.10. The van der Waals surface area contributed by atoms with Crippen LogP contribution in [0.1, 0.15) is 41.0 Å². The Morgan fingerprint density at radius 2 is 1.50 bits per heavy atom. The van der Waals surface area contributed by atoms with Crippen LogP contribution in [0, 0.1) is 0 Å². The second-order valence-corrected chi connectivity index (χ2v) is 8.34. The number of para-hydroxylation sites is 2. The van der Waals surface area contributed by atoms with Gasteiger partial charge in [0.05, 0.1) is 5.92 Å². The molecule has 0 aromatic heterocycles. The summed E-state index contributed by atoms with van der Waals surface area (Å²) in [4.78, 5) is 27.7. The molecule has 2 amide bonds. The van der Waals surface area contributed by atoms with E-state index in [-0.39, 0.29) is 11.8 Å². The Morgan fingerprint density at radius 3 is 2.22 bits per heavy atom. The molecule has 0 saturated heterocycles. The van der Waals surface area contributed by atoms with Crippen molar-refractivity contribution < 1.29 is 14.3 Å². The van der Waals surface area contributed by atoms with E-state index in [1.165, 1.54) is 11.1 Å². The fraction of sp³-hybridized carbons (Fsp3) is 0.259. The van der Waals surface area contributed by atoms with Crippen molar-refractivity contribution in [3.05, 3.63) is 95.1 Å². The molecule has 0 unspecified atom stereocenters. The predicted octanol–water partition coefficient (Wildman–Crippen LogP) is 4.41. The van der Waals surface area contributed by atoms with Crippen LogP contribution in [-0.2, 0) is 22.6 Å². The highest BCUT2D eigenvalue weighted by molar-refractivity contribution is 5.89. The van der Waals surface area contributed by atoms with E-state index in [1.54, 1.807) is 0 Å². The average Bonchev–Trinajstić information content (AvgIpc) is 2.84. The molecule has 0 bridgehead atoms. The summed E-state index contributed by atoms with van der Waals surface area (Å²) in [6, 6.07) is 23.6. The van der Waals surface area contributed by atoms with E-state index >= 15 is 0 Å². The largest absolute Gasteiger partial charge is 0.457 e. The first-order valence-corrected chi connectivity index (χ1v) is 11.2. The van der Waals surface area contributed by atoms with Crippen LogP contribution < -0.4 is 10.1 Å². The van der Waals surface area contributed by atoms with E-state index < -0.39 is 5.92 Å². The lowest BCUT2D eigenvalue weighted by atomic mass is 9.87. The van der Waals surface area contributed by atoms with Crippen LogP contribution in [0.25, 0.3) is 0 Å². The number of nitrogens with one attached hydrogen (secondary N) is 1. The molecule has 32 heavy (non-hydrogen) atoms. The minimum absolute atomic E-state index is 0.0625. The molecule has 0 saturated carbocycles. The second-order valence-electron chi connectivity index (χ2n) is 8.34. The molecule has 2 aliphatic rings. The number of ether oxygens (including phenoxy) is 1. The number of rotatable bonds is 5. The van der Waals surface area contributed by atoms with Crippen molar-refractivity contribution in [3.8, 4) is 11.5 Å². The summed E-state index contributed by atoms with van der Waals surface area (Å²) in [6.45, 7) is 1.91. The summed E-state index contributed by atoms with van der Waals surface area (Å²) in [5, 5.41) is 3.04. The van der Waals surface area contributed by atoms with E-state index in [2.05, 4.69) is 17.4 Å². The first-order valence-electron chi connectivity index (χ1n) is 11.2. The Hall–Kier alpha value is -3.60. The molecule has 1 N–H and O–H groups in total. The highest BCUT2D eigenvalue weighted by atomic mass is 16.5. The third kappa shape index (κ3) is 3.98. The maximum atomic E-state index is 13.1. The molecule has 5 nitrogen and oxygen atoms in total. The van der Waals surface area contributed by atoms with Gasteiger partial charge < -0.3 is 15.0 Å². The molecule has 2 heterocycles. The van der Waals surface area contributed by atoms with E-state index in [0.29, 0.717) is 37.4 Å². The number of hydrogen-bond donors (Lipinski definition) is 1. The number of benzene rings is 3. The lowest BCUT2D eigenvalue weighted by Gasteiger charge is -2.29. The maximum absolute atomic E-state index is 13.1. The fourth-order valence-corrected chi connectivity index (χ4v) is 4.61. The number of amides is 2. The first-order chi connectivity index (χ1) is 15.7. The fourth-order valence-electron chi connectivity index (χ4n) is 4.61. The Kier molecular flexibility index (Phi) is 5.63. The van der Waals surface area contributed by atoms with Gasteiger partial charge in [0.25, 0.3) is 0 Å². The van der Waals surface area contributed by atoms with Crippen molar-refractivity contribution in [3.63, 3.8) is 0 Å². The molecule has 162 valence electrons. The smallest absolute Gasteiger partial charge is 0.232 e. The second kappa shape index (κ2) is 8.87. The minimum atomic E-state index is -0.412. The Morgan fingerprint density at radius 1 is 0.875 bits per heavy atom. The zero-order valence-corrected chi connectivity index (χ0v) is 17.9. The number of carbonyl (C=O) groups excluding carboxylic acids is 2. The maximum Gasteiger partial charge on any atom is 0.232 e. The predicted molar refractivity (Wildman–Crippen MR) is 123 cm³/mol. The summed E-state index contributed by atoms with van der Waals surface area (Å²) < 4.78 is 5.98. The highest BCUT2D eigenvalue weighted by Crippen LogP contribution is 2.43. The molecule has 5 rings (SSSR count). The molecule has 2 aliphatic heterocycles. The number of carbonyl (C=O) groups is 2. The molecule has 3 aromatic rings. The summed E-state index contributed by atoms with van der Waals surface area (Å²) in [5.41, 5.74) is 4.30. The molecule has 5 heteroatoms. The van der Waals surface area contributed by atoms with Crippen molar-refractivity contribution >= 4 is 11.8 Å². The zero-order valence-electron chi connectivity index (χ0n) is 17.9. The van der Waals surface area contributed by atoms with Gasteiger partial charge in [-0.15, -0.1) is 0 Å². The summed E-state index contributed by atoms with van der Waals surface area (Å²) >= 11 is 0. The SMILES string of the molecule is O=C(NCCCC(=O)N1CCc2ccccc2C1)C1c2ccccc2Oc2ccccc21. The van der Waals surface area contributed by atoms with Crippen molar-refractivity contribution in [1.82, 2.24) is 10.2 Å². The quantitative estimate of drug-likeness (QED) is 0.615. The Bertz CT molecular complexity index is 1110. The normalized spacial score (nSPS) is 14.6.